The van der Waals surface area contributed by atoms with Crippen molar-refractivity contribution in [3.63, 3.8) is 0 Å². The number of hydrogen-bond acceptors (Lipinski definition) is 1. The number of anilines is 1. The molecule has 1 heterocycles. The van der Waals surface area contributed by atoms with Crippen LogP contribution in [0.4, 0.5) is 5.69 Å². The SMILES string of the molecule is CCC1CCCC(CC2CC(C)Nc3ccccc32)C1. The molecule has 0 spiro atoms. The minimum Gasteiger partial charge on any atom is -0.382 e. The summed E-state index contributed by atoms with van der Waals surface area (Å²) >= 11 is 0. The molecule has 0 saturated heterocycles. The van der Waals surface area contributed by atoms with Gasteiger partial charge in [-0.3, -0.25) is 0 Å². The van der Waals surface area contributed by atoms with Crippen molar-refractivity contribution in [2.24, 2.45) is 11.8 Å². The van der Waals surface area contributed by atoms with Crippen molar-refractivity contribution >= 4 is 5.69 Å². The minimum atomic E-state index is 0.625. The molecule has 3 rings (SSSR count). The third-order valence-electron chi connectivity index (χ3n) is 5.53. The zero-order valence-corrected chi connectivity index (χ0v) is 13.1. The second-order valence-electron chi connectivity index (χ2n) is 7.11. The van der Waals surface area contributed by atoms with E-state index >= 15 is 0 Å². The molecule has 1 fully saturated rings. The Morgan fingerprint density at radius 2 is 1.90 bits per heavy atom. The van der Waals surface area contributed by atoms with Crippen LogP contribution in [0.15, 0.2) is 24.3 Å². The van der Waals surface area contributed by atoms with Crippen molar-refractivity contribution in [3.05, 3.63) is 29.8 Å². The first-order valence-corrected chi connectivity index (χ1v) is 8.61. The Balaban J connectivity index is 1.71. The highest BCUT2D eigenvalue weighted by atomic mass is 14.9. The van der Waals surface area contributed by atoms with Crippen LogP contribution in [0.25, 0.3) is 0 Å². The van der Waals surface area contributed by atoms with Crippen LogP contribution >= 0.6 is 0 Å². The van der Waals surface area contributed by atoms with Crippen LogP contribution in [-0.4, -0.2) is 6.04 Å². The van der Waals surface area contributed by atoms with Crippen LogP contribution in [-0.2, 0) is 0 Å². The van der Waals surface area contributed by atoms with Crippen LogP contribution in [0.5, 0.6) is 0 Å². The number of benzene rings is 1. The summed E-state index contributed by atoms with van der Waals surface area (Å²) < 4.78 is 0. The van der Waals surface area contributed by atoms with Gasteiger partial charge in [-0.15, -0.1) is 0 Å². The lowest BCUT2D eigenvalue weighted by Crippen LogP contribution is -2.27. The van der Waals surface area contributed by atoms with E-state index in [2.05, 4.69) is 43.4 Å². The first kappa shape index (κ1) is 14.0. The van der Waals surface area contributed by atoms with Gasteiger partial charge in [0, 0.05) is 11.7 Å². The van der Waals surface area contributed by atoms with Crippen LogP contribution in [0.2, 0.25) is 0 Å². The van der Waals surface area contributed by atoms with Crippen LogP contribution in [0.3, 0.4) is 0 Å². The molecule has 4 unspecified atom stereocenters. The maximum Gasteiger partial charge on any atom is 0.0377 e. The van der Waals surface area contributed by atoms with Gasteiger partial charge in [-0.25, -0.2) is 0 Å². The molecule has 1 N–H and O–H groups in total. The number of para-hydroxylation sites is 1. The van der Waals surface area contributed by atoms with Gasteiger partial charge in [0.05, 0.1) is 0 Å². The standard InChI is InChI=1S/C19H29N/c1-3-15-7-6-8-16(12-15)13-17-11-14(2)20-19-10-5-4-9-18(17)19/h4-5,9-10,14-17,20H,3,6-8,11-13H2,1-2H3. The van der Waals surface area contributed by atoms with Crippen LogP contribution in [0, 0.1) is 11.8 Å². The molecule has 0 aromatic heterocycles. The highest BCUT2D eigenvalue weighted by molar-refractivity contribution is 5.55. The van der Waals surface area contributed by atoms with Gasteiger partial charge in [-0.2, -0.15) is 0 Å². The van der Waals surface area contributed by atoms with Crippen LogP contribution < -0.4 is 5.32 Å². The van der Waals surface area contributed by atoms with E-state index in [0.717, 1.165) is 17.8 Å². The maximum absolute atomic E-state index is 3.65. The second-order valence-corrected chi connectivity index (χ2v) is 7.11. The van der Waals surface area contributed by atoms with Gasteiger partial charge in [-0.1, -0.05) is 50.8 Å². The normalized spacial score (nSPS) is 33.3. The lowest BCUT2D eigenvalue weighted by molar-refractivity contribution is 0.234. The monoisotopic (exact) mass is 271 g/mol. The van der Waals surface area contributed by atoms with E-state index in [1.165, 1.54) is 50.6 Å². The fourth-order valence-corrected chi connectivity index (χ4v) is 4.48. The van der Waals surface area contributed by atoms with E-state index < -0.39 is 0 Å². The molecule has 0 amide bonds. The fourth-order valence-electron chi connectivity index (χ4n) is 4.48. The Kier molecular flexibility index (Phi) is 4.33. The number of hydrogen-bond donors (Lipinski definition) is 1. The lowest BCUT2D eigenvalue weighted by atomic mass is 9.73. The van der Waals surface area contributed by atoms with E-state index in [1.54, 1.807) is 5.56 Å². The average Bonchev–Trinajstić information content (AvgIpc) is 2.47. The molecular formula is C19H29N. The summed E-state index contributed by atoms with van der Waals surface area (Å²) in [6.07, 6.45) is 10.0. The highest BCUT2D eigenvalue weighted by Gasteiger charge is 2.28. The van der Waals surface area contributed by atoms with E-state index in [-0.39, 0.29) is 0 Å². The summed E-state index contributed by atoms with van der Waals surface area (Å²) in [5, 5.41) is 3.65. The van der Waals surface area contributed by atoms with E-state index in [1.807, 2.05) is 0 Å². The number of nitrogens with one attached hydrogen (secondary N) is 1. The molecule has 1 aliphatic carbocycles. The number of fused-ring (bicyclic) bond motifs is 1. The van der Waals surface area contributed by atoms with Crippen molar-refractivity contribution in [1.29, 1.82) is 0 Å². The predicted molar refractivity (Wildman–Crippen MR) is 87.2 cm³/mol. The van der Waals surface area contributed by atoms with Gasteiger partial charge >= 0.3 is 0 Å². The topological polar surface area (TPSA) is 12.0 Å². The summed E-state index contributed by atoms with van der Waals surface area (Å²) in [6, 6.07) is 9.60. The lowest BCUT2D eigenvalue weighted by Gasteiger charge is -2.36. The van der Waals surface area contributed by atoms with Crippen molar-refractivity contribution in [2.45, 2.75) is 70.8 Å². The molecule has 2 aliphatic rings. The molecule has 20 heavy (non-hydrogen) atoms. The fraction of sp³-hybridized carbons (Fsp3) is 0.684. The van der Waals surface area contributed by atoms with Gasteiger partial charge in [0.2, 0.25) is 0 Å². The Morgan fingerprint density at radius 3 is 2.75 bits per heavy atom. The summed E-state index contributed by atoms with van der Waals surface area (Å²) in [4.78, 5) is 0. The van der Waals surface area contributed by atoms with Crippen molar-refractivity contribution in [3.8, 4) is 0 Å². The van der Waals surface area contributed by atoms with Gasteiger partial charge < -0.3 is 5.32 Å². The van der Waals surface area contributed by atoms with E-state index in [4.69, 9.17) is 0 Å². The first-order chi connectivity index (χ1) is 9.76. The largest absolute Gasteiger partial charge is 0.382 e. The van der Waals surface area contributed by atoms with E-state index in [0.29, 0.717) is 6.04 Å². The Morgan fingerprint density at radius 1 is 1.10 bits per heavy atom. The summed E-state index contributed by atoms with van der Waals surface area (Å²) in [5.41, 5.74) is 2.96. The second kappa shape index (κ2) is 6.20. The van der Waals surface area contributed by atoms with Crippen molar-refractivity contribution in [2.75, 3.05) is 5.32 Å². The van der Waals surface area contributed by atoms with Gasteiger partial charge in [0.1, 0.15) is 0 Å². The molecule has 4 atom stereocenters. The Bertz CT molecular complexity index is 439. The summed E-state index contributed by atoms with van der Waals surface area (Å²) in [6.45, 7) is 4.70. The summed E-state index contributed by atoms with van der Waals surface area (Å²) in [5.74, 6) is 2.75. The molecule has 1 nitrogen and oxygen atoms in total. The third kappa shape index (κ3) is 3.02. The van der Waals surface area contributed by atoms with Crippen molar-refractivity contribution in [1.82, 2.24) is 0 Å². The molecule has 0 bridgehead atoms. The molecular weight excluding hydrogens is 242 g/mol. The van der Waals surface area contributed by atoms with Crippen LogP contribution in [0.1, 0.15) is 70.3 Å². The average molecular weight is 271 g/mol. The van der Waals surface area contributed by atoms with E-state index in [9.17, 15) is 0 Å². The Hall–Kier alpha value is -0.980. The molecule has 1 saturated carbocycles. The molecule has 110 valence electrons. The third-order valence-corrected chi connectivity index (χ3v) is 5.53. The smallest absolute Gasteiger partial charge is 0.0377 e. The van der Waals surface area contributed by atoms with Gasteiger partial charge in [-0.05, 0) is 55.6 Å². The number of rotatable bonds is 3. The zero-order valence-electron chi connectivity index (χ0n) is 13.1. The predicted octanol–water partition coefficient (Wildman–Crippen LogP) is 5.58. The highest BCUT2D eigenvalue weighted by Crippen LogP contribution is 2.42. The molecule has 1 heteroatoms. The van der Waals surface area contributed by atoms with Crippen molar-refractivity contribution < 1.29 is 0 Å². The summed E-state index contributed by atoms with van der Waals surface area (Å²) in [7, 11) is 0. The van der Waals surface area contributed by atoms with Gasteiger partial charge in [0.25, 0.3) is 0 Å². The molecule has 1 aromatic rings. The molecule has 0 radical (unpaired) electrons. The zero-order chi connectivity index (χ0) is 13.9. The minimum absolute atomic E-state index is 0.625. The molecule has 1 aliphatic heterocycles. The molecule has 1 aromatic carbocycles. The first-order valence-electron chi connectivity index (χ1n) is 8.61. The maximum atomic E-state index is 3.65. The quantitative estimate of drug-likeness (QED) is 0.756. The Labute approximate surface area is 124 Å². The van der Waals surface area contributed by atoms with Gasteiger partial charge in [0.15, 0.2) is 0 Å².